The zero-order valence-electron chi connectivity index (χ0n) is 23.9. The SMILES string of the molecule is CC(C)CC(CC(C)C)=NO[P@@](=O)(CO[C@H](C)Cn1cnc2c(N)ncnc21)NC(C1CCC1)C(C)C(=O)O. The number of imidazole rings is 1. The largest absolute Gasteiger partial charge is 0.481 e. The van der Waals surface area contributed by atoms with Crippen molar-refractivity contribution in [3.63, 3.8) is 0 Å². The number of oxime groups is 1. The fourth-order valence-corrected chi connectivity index (χ4v) is 6.46. The Kier molecular flexibility index (Phi) is 10.9. The molecule has 218 valence electrons. The van der Waals surface area contributed by atoms with E-state index >= 15 is 0 Å². The van der Waals surface area contributed by atoms with Crippen LogP contribution in [0.5, 0.6) is 0 Å². The number of ether oxygens (including phenoxy) is 1. The van der Waals surface area contributed by atoms with Gasteiger partial charge in [-0.1, -0.05) is 46.2 Å². The third kappa shape index (κ3) is 8.71. The van der Waals surface area contributed by atoms with Crippen molar-refractivity contribution in [2.45, 2.75) is 92.3 Å². The molecule has 0 aliphatic heterocycles. The predicted octanol–water partition coefficient (Wildman–Crippen LogP) is 4.91. The molecule has 39 heavy (non-hydrogen) atoms. The number of carbonyl (C=O) groups is 1. The molecule has 2 aromatic heterocycles. The van der Waals surface area contributed by atoms with Crippen LogP contribution in [0.15, 0.2) is 17.8 Å². The maximum atomic E-state index is 14.2. The van der Waals surface area contributed by atoms with Gasteiger partial charge in [-0.25, -0.2) is 20.0 Å². The first kappa shape index (κ1) is 31.0. The Bertz CT molecular complexity index is 1170. The first-order chi connectivity index (χ1) is 18.4. The van der Waals surface area contributed by atoms with Crippen molar-refractivity contribution in [1.29, 1.82) is 0 Å². The van der Waals surface area contributed by atoms with Crippen molar-refractivity contribution in [1.82, 2.24) is 24.6 Å². The highest BCUT2D eigenvalue weighted by Crippen LogP contribution is 2.47. The van der Waals surface area contributed by atoms with Crippen LogP contribution in [0.25, 0.3) is 11.2 Å². The highest BCUT2D eigenvalue weighted by Gasteiger charge is 2.40. The topological polar surface area (TPSA) is 167 Å². The molecule has 0 saturated heterocycles. The van der Waals surface area contributed by atoms with E-state index in [9.17, 15) is 14.5 Å². The Hall–Kier alpha value is -2.56. The minimum absolute atomic E-state index is 0.0997. The van der Waals surface area contributed by atoms with Gasteiger partial charge in [-0.15, -0.1) is 0 Å². The summed E-state index contributed by atoms with van der Waals surface area (Å²) in [5.74, 6) is -0.595. The van der Waals surface area contributed by atoms with E-state index in [1.54, 1.807) is 17.8 Å². The highest BCUT2D eigenvalue weighted by atomic mass is 31.2. The van der Waals surface area contributed by atoms with Crippen LogP contribution >= 0.6 is 7.52 Å². The summed E-state index contributed by atoms with van der Waals surface area (Å²) in [4.78, 5) is 24.4. The number of nitrogens with two attached hydrogens (primary N) is 1. The molecule has 0 radical (unpaired) electrons. The van der Waals surface area contributed by atoms with Crippen molar-refractivity contribution in [2.75, 3.05) is 12.1 Å². The van der Waals surface area contributed by atoms with Crippen molar-refractivity contribution >= 4 is 36.2 Å². The number of rotatable bonds is 16. The lowest BCUT2D eigenvalue weighted by Crippen LogP contribution is -2.45. The van der Waals surface area contributed by atoms with Crippen molar-refractivity contribution in [2.24, 2.45) is 28.8 Å². The molecule has 1 saturated carbocycles. The number of carboxylic acid groups (broad SMARTS) is 1. The first-order valence-corrected chi connectivity index (χ1v) is 15.6. The fraction of sp³-hybridized carbons (Fsp3) is 0.731. The number of aromatic nitrogens is 4. The Balaban J connectivity index is 1.80. The molecule has 1 aliphatic rings. The van der Waals surface area contributed by atoms with Gasteiger partial charge in [-0.2, -0.15) is 0 Å². The van der Waals surface area contributed by atoms with Gasteiger partial charge < -0.3 is 24.8 Å². The van der Waals surface area contributed by atoms with Gasteiger partial charge in [0.05, 0.1) is 30.6 Å². The quantitative estimate of drug-likeness (QED) is 0.145. The molecule has 12 nitrogen and oxygen atoms in total. The number of aliphatic carboxylic acids is 1. The van der Waals surface area contributed by atoms with Gasteiger partial charge in [-0.3, -0.25) is 9.36 Å². The summed E-state index contributed by atoms with van der Waals surface area (Å²) < 4.78 is 27.9. The molecule has 2 unspecified atom stereocenters. The van der Waals surface area contributed by atoms with Gasteiger partial charge in [0, 0.05) is 6.04 Å². The molecule has 4 atom stereocenters. The summed E-state index contributed by atoms with van der Waals surface area (Å²) in [6.45, 7) is 12.2. The minimum atomic E-state index is -3.74. The van der Waals surface area contributed by atoms with Crippen LogP contribution in [-0.4, -0.2) is 54.8 Å². The van der Waals surface area contributed by atoms with Crippen LogP contribution in [0.1, 0.15) is 73.6 Å². The monoisotopic (exact) mass is 565 g/mol. The highest BCUT2D eigenvalue weighted by molar-refractivity contribution is 7.56. The lowest BCUT2D eigenvalue weighted by molar-refractivity contribution is -0.142. The zero-order valence-corrected chi connectivity index (χ0v) is 24.8. The molecule has 0 aromatic carbocycles. The van der Waals surface area contributed by atoms with Crippen LogP contribution in [0.2, 0.25) is 0 Å². The van der Waals surface area contributed by atoms with Gasteiger partial charge in [0.15, 0.2) is 11.5 Å². The second-order valence-corrected chi connectivity index (χ2v) is 13.5. The predicted molar refractivity (Wildman–Crippen MR) is 151 cm³/mol. The molecule has 1 aliphatic carbocycles. The smallest absolute Gasteiger partial charge is 0.364 e. The minimum Gasteiger partial charge on any atom is -0.481 e. The Morgan fingerprint density at radius 3 is 2.41 bits per heavy atom. The lowest BCUT2D eigenvalue weighted by Gasteiger charge is -2.38. The van der Waals surface area contributed by atoms with E-state index in [-0.39, 0.29) is 12.3 Å². The molecule has 0 spiro atoms. The number of carboxylic acids is 1. The van der Waals surface area contributed by atoms with E-state index in [0.717, 1.165) is 25.0 Å². The molecule has 4 N–H and O–H groups in total. The summed E-state index contributed by atoms with van der Waals surface area (Å²) in [7, 11) is -3.74. The van der Waals surface area contributed by atoms with Crippen LogP contribution in [0.4, 0.5) is 5.82 Å². The third-order valence-corrected chi connectivity index (χ3v) is 8.46. The van der Waals surface area contributed by atoms with E-state index in [4.69, 9.17) is 15.1 Å². The number of hydrogen-bond acceptors (Lipinski definition) is 9. The maximum Gasteiger partial charge on any atom is 0.364 e. The average Bonchev–Trinajstić information content (AvgIpc) is 3.22. The Morgan fingerprint density at radius 1 is 1.18 bits per heavy atom. The van der Waals surface area contributed by atoms with E-state index in [1.165, 1.54) is 6.33 Å². The molecule has 13 heteroatoms. The number of nitrogens with one attached hydrogen (secondary N) is 1. The van der Waals surface area contributed by atoms with Crippen LogP contribution < -0.4 is 10.8 Å². The molecule has 2 aromatic rings. The van der Waals surface area contributed by atoms with E-state index < -0.39 is 31.6 Å². The summed E-state index contributed by atoms with van der Waals surface area (Å²) in [6.07, 6.45) is 6.52. The summed E-state index contributed by atoms with van der Waals surface area (Å²) in [5, 5.41) is 17.2. The number of nitrogen functional groups attached to an aromatic ring is 1. The van der Waals surface area contributed by atoms with E-state index in [1.807, 2.05) is 6.92 Å². The molecule has 0 bridgehead atoms. The van der Waals surface area contributed by atoms with Crippen LogP contribution in [0.3, 0.4) is 0 Å². The zero-order chi connectivity index (χ0) is 28.7. The number of anilines is 1. The van der Waals surface area contributed by atoms with Crippen molar-refractivity contribution in [3.05, 3.63) is 12.7 Å². The number of nitrogens with zero attached hydrogens (tertiary/aromatic N) is 5. The average molecular weight is 566 g/mol. The molecular formula is C26H44N7O5P. The lowest BCUT2D eigenvalue weighted by atomic mass is 9.76. The molecule has 3 rings (SSSR count). The number of fused-ring (bicyclic) bond motifs is 1. The molecule has 0 amide bonds. The van der Waals surface area contributed by atoms with Crippen molar-refractivity contribution in [3.8, 4) is 0 Å². The standard InChI is InChI=1S/C26H44N7O5P/c1-16(2)10-21(11-17(3)4)31-38-39(36,32-22(19(6)26(34)35)20-8-7-9-20)15-37-18(5)12-33-14-30-23-24(27)28-13-29-25(23)33/h13-14,16-20,22H,7-12,15H2,1-6H3,(H,32,36)(H,34,35)(H2,27,28,29)/t18-,19?,22?,39+/m1/s1. The summed E-state index contributed by atoms with van der Waals surface area (Å²) >= 11 is 0. The maximum absolute atomic E-state index is 14.2. The molecular weight excluding hydrogens is 521 g/mol. The summed E-state index contributed by atoms with van der Waals surface area (Å²) in [6, 6.07) is -0.521. The third-order valence-electron chi connectivity index (χ3n) is 6.93. The Labute approximate surface area is 230 Å². The Morgan fingerprint density at radius 2 is 1.85 bits per heavy atom. The first-order valence-electron chi connectivity index (χ1n) is 13.8. The van der Waals surface area contributed by atoms with Crippen LogP contribution in [-0.2, 0) is 25.3 Å². The fourth-order valence-electron chi connectivity index (χ4n) is 4.70. The molecule has 1 fully saturated rings. The van der Waals surface area contributed by atoms with Gasteiger partial charge in [0.25, 0.3) is 0 Å². The van der Waals surface area contributed by atoms with E-state index in [2.05, 4.69) is 52.9 Å². The van der Waals surface area contributed by atoms with E-state index in [0.29, 0.717) is 48.2 Å². The van der Waals surface area contributed by atoms with Gasteiger partial charge in [0.2, 0.25) is 0 Å². The normalized spacial score (nSPS) is 17.9. The summed E-state index contributed by atoms with van der Waals surface area (Å²) in [5.41, 5.74) is 7.79. The van der Waals surface area contributed by atoms with Crippen LogP contribution in [0, 0.1) is 23.7 Å². The number of hydrogen-bond donors (Lipinski definition) is 3. The van der Waals surface area contributed by atoms with Crippen molar-refractivity contribution < 1.29 is 23.8 Å². The second-order valence-electron chi connectivity index (χ2n) is 11.5. The second kappa shape index (κ2) is 13.7. The van der Waals surface area contributed by atoms with Gasteiger partial charge in [-0.05, 0) is 50.4 Å². The molecule has 2 heterocycles. The van der Waals surface area contributed by atoms with Gasteiger partial charge >= 0.3 is 13.5 Å². The van der Waals surface area contributed by atoms with Gasteiger partial charge in [0.1, 0.15) is 18.2 Å².